The van der Waals surface area contributed by atoms with Gasteiger partial charge in [0.1, 0.15) is 0 Å². The molecule has 83 heavy (non-hydrogen) atoms. The molecule has 15 aromatic rings. The van der Waals surface area contributed by atoms with Crippen molar-refractivity contribution in [2.24, 2.45) is 0 Å². The van der Waals surface area contributed by atoms with Gasteiger partial charge in [0.2, 0.25) is 0 Å². The number of pyridine rings is 2. The van der Waals surface area contributed by atoms with Gasteiger partial charge in [-0.1, -0.05) is 169 Å². The lowest BCUT2D eigenvalue weighted by molar-refractivity contribution is 0.590. The van der Waals surface area contributed by atoms with E-state index < -0.39 is 0 Å². The van der Waals surface area contributed by atoms with E-state index in [2.05, 4.69) is 231 Å². The number of nitrogens with zero attached hydrogens (tertiary/aromatic N) is 7. The number of rotatable bonds is 5. The molecule has 0 atom stereocenters. The largest absolute Gasteiger partial charge is 0.310 e. The summed E-state index contributed by atoms with van der Waals surface area (Å²) in [5.74, 6) is 1.66. The molecule has 0 saturated carbocycles. The number of fused-ring (bicyclic) bond motifs is 17. The van der Waals surface area contributed by atoms with Crippen LogP contribution in [0.15, 0.2) is 219 Å². The maximum atomic E-state index is 5.41. The molecule has 8 heteroatoms. The summed E-state index contributed by atoms with van der Waals surface area (Å²) in [6.07, 6.45) is 7.22. The summed E-state index contributed by atoms with van der Waals surface area (Å²) >= 11 is 0. The minimum absolute atomic E-state index is 0.0674. The molecule has 392 valence electrons. The zero-order valence-corrected chi connectivity index (χ0v) is 47.0. The molecule has 0 bridgehead atoms. The summed E-state index contributed by atoms with van der Waals surface area (Å²) < 4.78 is 5.19. The fourth-order valence-electron chi connectivity index (χ4n) is 14.1. The van der Waals surface area contributed by atoms with Crippen molar-refractivity contribution in [2.45, 2.75) is 52.4 Å². The second kappa shape index (κ2) is 17.2. The SMILES string of the molecule is CC(C)(C)c1ccc2c(c1)c1cc(C(C)(C)C)cc3c1n2-c1cc(-c2nc(-c4cccnc4)nc(-c4cccnc4)n2)cc2c1B3c1cc(-c3ccccc3-c3ccccc3)cc3c4c5c6ccccc6c6ccccc6c5ccc4n-2c13. The maximum Gasteiger partial charge on any atom is 0.252 e. The molecule has 17 rings (SSSR count). The average molecular weight is 1060 g/mol. The Hall–Kier alpha value is -10.0. The minimum atomic E-state index is -0.167. The van der Waals surface area contributed by atoms with Crippen molar-refractivity contribution in [1.82, 2.24) is 34.1 Å². The van der Waals surface area contributed by atoms with Crippen LogP contribution < -0.4 is 16.4 Å². The lowest BCUT2D eigenvalue weighted by Gasteiger charge is -2.35. The minimum Gasteiger partial charge on any atom is -0.310 e. The van der Waals surface area contributed by atoms with Crippen molar-refractivity contribution < 1.29 is 0 Å². The third-order valence-electron chi connectivity index (χ3n) is 18.0. The van der Waals surface area contributed by atoms with Crippen LogP contribution >= 0.6 is 0 Å². The molecule has 0 radical (unpaired) electrons. The molecule has 0 unspecified atom stereocenters. The van der Waals surface area contributed by atoms with E-state index in [4.69, 9.17) is 15.0 Å². The zero-order chi connectivity index (χ0) is 55.6. The first kappa shape index (κ1) is 47.7. The number of benzene rings is 10. The summed E-state index contributed by atoms with van der Waals surface area (Å²) in [5.41, 5.74) is 20.5. The van der Waals surface area contributed by atoms with Crippen molar-refractivity contribution in [1.29, 1.82) is 0 Å². The van der Waals surface area contributed by atoms with Gasteiger partial charge in [-0.2, -0.15) is 0 Å². The average Bonchev–Trinajstić information content (AvgIpc) is 1.94. The highest BCUT2D eigenvalue weighted by Gasteiger charge is 2.43. The monoisotopic (exact) mass is 1060 g/mol. The Kier molecular flexibility index (Phi) is 9.92. The van der Waals surface area contributed by atoms with Crippen LogP contribution in [0.3, 0.4) is 0 Å². The summed E-state index contributed by atoms with van der Waals surface area (Å²) in [4.78, 5) is 25.0. The van der Waals surface area contributed by atoms with Crippen molar-refractivity contribution in [3.63, 3.8) is 0 Å². The van der Waals surface area contributed by atoms with Crippen LogP contribution in [0.5, 0.6) is 0 Å². The Labute approximate surface area is 480 Å². The smallest absolute Gasteiger partial charge is 0.252 e. The van der Waals surface area contributed by atoms with E-state index in [1.807, 2.05) is 36.7 Å². The van der Waals surface area contributed by atoms with E-state index in [0.717, 1.165) is 33.6 Å². The fourth-order valence-corrected chi connectivity index (χ4v) is 14.1. The van der Waals surface area contributed by atoms with Gasteiger partial charge in [0.15, 0.2) is 17.5 Å². The first-order valence-electron chi connectivity index (χ1n) is 28.8. The standard InChI is InChI=1S/C75H54BN7/c1-74(2,3)48-28-30-62-57(38-48)58-39-49(75(4,5)6)40-61-69(58)82(62)64-36-47(73-80-71(44-20-16-32-77-41-44)79-72(81-73)45-21-17-33-78-42-45)37-65-68(64)76(61)60-35-46(51-23-11-10-22-50(51)43-18-8-7-9-19-43)34-59-67-63(83(65)70(59)60)31-29-56-54-26-13-12-24-52(54)53-25-14-15-27-55(53)66(56)67/h7-42H,1-6H3. The normalized spacial score (nSPS) is 12.9. The third-order valence-corrected chi connectivity index (χ3v) is 18.0. The summed E-state index contributed by atoms with van der Waals surface area (Å²) in [5, 5.41) is 12.5. The van der Waals surface area contributed by atoms with Crippen LogP contribution in [-0.2, 0) is 10.8 Å². The second-order valence-electron chi connectivity index (χ2n) is 24.9. The predicted molar refractivity (Wildman–Crippen MR) is 346 cm³/mol. The molecular formula is C75H54BN7. The van der Waals surface area contributed by atoms with Gasteiger partial charge in [-0.15, -0.1) is 0 Å². The summed E-state index contributed by atoms with van der Waals surface area (Å²) in [7, 11) is 0. The second-order valence-corrected chi connectivity index (χ2v) is 24.9. The van der Waals surface area contributed by atoms with Gasteiger partial charge < -0.3 is 9.13 Å². The highest BCUT2D eigenvalue weighted by molar-refractivity contribution is 7.00. The van der Waals surface area contributed by atoms with Crippen molar-refractivity contribution in [2.75, 3.05) is 0 Å². The van der Waals surface area contributed by atoms with E-state index in [-0.39, 0.29) is 17.5 Å². The van der Waals surface area contributed by atoms with Gasteiger partial charge in [-0.25, -0.2) is 15.0 Å². The Bertz CT molecular complexity index is 5190. The number of hydrogen-bond donors (Lipinski definition) is 0. The molecule has 2 aliphatic heterocycles. The highest BCUT2D eigenvalue weighted by Crippen LogP contribution is 2.48. The van der Waals surface area contributed by atoms with Crippen LogP contribution in [0.2, 0.25) is 0 Å². The Morgan fingerprint density at radius 3 is 1.48 bits per heavy atom. The molecule has 0 saturated heterocycles. The van der Waals surface area contributed by atoms with Gasteiger partial charge >= 0.3 is 0 Å². The maximum absolute atomic E-state index is 5.41. The lowest BCUT2D eigenvalue weighted by Crippen LogP contribution is -2.59. The van der Waals surface area contributed by atoms with Crippen LogP contribution in [0, 0.1) is 0 Å². The van der Waals surface area contributed by atoms with Gasteiger partial charge in [0.25, 0.3) is 6.71 Å². The fraction of sp³-hybridized carbons (Fsp3) is 0.107. The van der Waals surface area contributed by atoms with E-state index in [1.165, 1.54) is 120 Å². The van der Waals surface area contributed by atoms with Crippen molar-refractivity contribution in [3.05, 3.63) is 230 Å². The molecule has 5 aromatic heterocycles. The molecular weight excluding hydrogens is 1010 g/mol. The van der Waals surface area contributed by atoms with Gasteiger partial charge in [-0.05, 0) is 154 Å². The zero-order valence-electron chi connectivity index (χ0n) is 47.0. The first-order valence-corrected chi connectivity index (χ1v) is 28.8. The number of aromatic nitrogens is 7. The summed E-state index contributed by atoms with van der Waals surface area (Å²) in [6.45, 7) is 13.9. The topological polar surface area (TPSA) is 74.3 Å². The lowest BCUT2D eigenvalue weighted by atomic mass is 9.34. The first-order chi connectivity index (χ1) is 40.4. The van der Waals surface area contributed by atoms with E-state index in [9.17, 15) is 0 Å². The Morgan fingerprint density at radius 2 is 0.855 bits per heavy atom. The molecule has 7 nitrogen and oxygen atoms in total. The van der Waals surface area contributed by atoms with Crippen LogP contribution in [-0.4, -0.2) is 40.8 Å². The van der Waals surface area contributed by atoms with Crippen LogP contribution in [0.1, 0.15) is 52.7 Å². The van der Waals surface area contributed by atoms with Gasteiger partial charge in [0, 0.05) is 90.8 Å². The van der Waals surface area contributed by atoms with Crippen LogP contribution in [0.25, 0.3) is 144 Å². The molecule has 7 heterocycles. The highest BCUT2D eigenvalue weighted by atomic mass is 15.1. The van der Waals surface area contributed by atoms with Crippen molar-refractivity contribution in [3.8, 4) is 67.8 Å². The van der Waals surface area contributed by atoms with E-state index in [1.54, 1.807) is 12.4 Å². The van der Waals surface area contributed by atoms with Gasteiger partial charge in [0.05, 0.1) is 11.0 Å². The summed E-state index contributed by atoms with van der Waals surface area (Å²) in [6, 6.07) is 72.6. The van der Waals surface area contributed by atoms with E-state index in [0.29, 0.717) is 17.5 Å². The molecule has 0 aliphatic carbocycles. The quantitative estimate of drug-likeness (QED) is 0.127. The number of hydrogen-bond acceptors (Lipinski definition) is 5. The molecule has 0 amide bonds. The Balaban J connectivity index is 1.09. The molecule has 10 aromatic carbocycles. The van der Waals surface area contributed by atoms with Crippen LogP contribution in [0.4, 0.5) is 0 Å². The molecule has 2 aliphatic rings. The van der Waals surface area contributed by atoms with Gasteiger partial charge in [-0.3, -0.25) is 9.97 Å². The van der Waals surface area contributed by atoms with E-state index >= 15 is 0 Å². The molecule has 0 spiro atoms. The Morgan fingerprint density at radius 1 is 0.349 bits per heavy atom. The molecule has 0 fully saturated rings. The molecule has 0 N–H and O–H groups in total. The third kappa shape index (κ3) is 6.96. The predicted octanol–water partition coefficient (Wildman–Crippen LogP) is 16.4. The van der Waals surface area contributed by atoms with Crippen molar-refractivity contribution >= 4 is 99.0 Å².